The standard InChI is InChI=1S/C18H17F2NO3/c1-10(24-12-6-7-14(19)15(20)9-12)18(23)21-17-13-5-3-2-4-11(13)8-16(17)22/h2-7,9-10,16-17,22H,8H2,1H3,(H,21,23). The van der Waals surface area contributed by atoms with Crippen LogP contribution in [0, 0.1) is 11.6 Å². The topological polar surface area (TPSA) is 58.6 Å². The fourth-order valence-corrected chi connectivity index (χ4v) is 2.83. The minimum absolute atomic E-state index is 0.0592. The van der Waals surface area contributed by atoms with E-state index in [0.29, 0.717) is 6.42 Å². The lowest BCUT2D eigenvalue weighted by molar-refractivity contribution is -0.128. The number of hydrogen-bond donors (Lipinski definition) is 2. The first-order valence-electron chi connectivity index (χ1n) is 7.63. The highest BCUT2D eigenvalue weighted by Gasteiger charge is 2.33. The van der Waals surface area contributed by atoms with Gasteiger partial charge in [-0.15, -0.1) is 0 Å². The Morgan fingerprint density at radius 2 is 2.00 bits per heavy atom. The molecule has 1 aliphatic carbocycles. The first-order valence-corrected chi connectivity index (χ1v) is 7.63. The van der Waals surface area contributed by atoms with Crippen LogP contribution in [0.1, 0.15) is 24.1 Å². The predicted molar refractivity (Wildman–Crippen MR) is 83.5 cm³/mol. The van der Waals surface area contributed by atoms with Crippen LogP contribution in [0.5, 0.6) is 5.75 Å². The highest BCUT2D eigenvalue weighted by atomic mass is 19.2. The lowest BCUT2D eigenvalue weighted by Crippen LogP contribution is -2.41. The summed E-state index contributed by atoms with van der Waals surface area (Å²) >= 11 is 0. The van der Waals surface area contributed by atoms with Crippen molar-refractivity contribution in [1.29, 1.82) is 0 Å². The van der Waals surface area contributed by atoms with Crippen molar-refractivity contribution in [3.63, 3.8) is 0 Å². The fraction of sp³-hybridized carbons (Fsp3) is 0.278. The van der Waals surface area contributed by atoms with Crippen molar-refractivity contribution in [3.05, 3.63) is 65.2 Å². The second kappa shape index (κ2) is 6.57. The Morgan fingerprint density at radius 3 is 2.75 bits per heavy atom. The molecule has 126 valence electrons. The van der Waals surface area contributed by atoms with Crippen LogP contribution in [0.2, 0.25) is 0 Å². The van der Waals surface area contributed by atoms with Gasteiger partial charge in [0.15, 0.2) is 17.7 Å². The van der Waals surface area contributed by atoms with Gasteiger partial charge in [0.1, 0.15) is 5.75 Å². The Kier molecular flexibility index (Phi) is 4.49. The summed E-state index contributed by atoms with van der Waals surface area (Å²) in [6, 6.07) is 10.1. The Balaban J connectivity index is 1.67. The minimum atomic E-state index is -1.04. The molecule has 2 aromatic rings. The second-order valence-corrected chi connectivity index (χ2v) is 5.79. The molecule has 0 aliphatic heterocycles. The summed E-state index contributed by atoms with van der Waals surface area (Å²) in [5, 5.41) is 12.9. The quantitative estimate of drug-likeness (QED) is 0.904. The highest BCUT2D eigenvalue weighted by molar-refractivity contribution is 5.81. The van der Waals surface area contributed by atoms with E-state index in [1.54, 1.807) is 0 Å². The van der Waals surface area contributed by atoms with Gasteiger partial charge in [-0.05, 0) is 30.2 Å². The molecule has 0 radical (unpaired) electrons. The number of rotatable bonds is 4. The number of hydrogen-bond acceptors (Lipinski definition) is 3. The number of nitrogens with one attached hydrogen (secondary N) is 1. The summed E-state index contributed by atoms with van der Waals surface area (Å²) < 4.78 is 31.4. The summed E-state index contributed by atoms with van der Waals surface area (Å²) in [6.07, 6.45) is -1.16. The van der Waals surface area contributed by atoms with Crippen LogP contribution in [0.15, 0.2) is 42.5 Å². The predicted octanol–water partition coefficient (Wildman–Crippen LogP) is 2.51. The maximum Gasteiger partial charge on any atom is 0.261 e. The van der Waals surface area contributed by atoms with Crippen LogP contribution in [-0.4, -0.2) is 23.2 Å². The number of amides is 1. The van der Waals surface area contributed by atoms with E-state index in [-0.39, 0.29) is 5.75 Å². The van der Waals surface area contributed by atoms with Crippen LogP contribution in [-0.2, 0) is 11.2 Å². The molecule has 3 unspecified atom stereocenters. The zero-order chi connectivity index (χ0) is 17.3. The van der Waals surface area contributed by atoms with E-state index >= 15 is 0 Å². The number of aliphatic hydroxyl groups excluding tert-OH is 1. The van der Waals surface area contributed by atoms with Gasteiger partial charge in [-0.2, -0.15) is 0 Å². The van der Waals surface area contributed by atoms with Gasteiger partial charge in [-0.3, -0.25) is 4.79 Å². The molecule has 6 heteroatoms. The molecule has 3 rings (SSSR count). The van der Waals surface area contributed by atoms with E-state index < -0.39 is 35.8 Å². The molecule has 1 amide bonds. The molecule has 0 saturated carbocycles. The van der Waals surface area contributed by atoms with Gasteiger partial charge in [-0.25, -0.2) is 8.78 Å². The third kappa shape index (κ3) is 3.23. The van der Waals surface area contributed by atoms with Gasteiger partial charge in [-0.1, -0.05) is 24.3 Å². The number of carbonyl (C=O) groups excluding carboxylic acids is 1. The van der Waals surface area contributed by atoms with Gasteiger partial charge < -0.3 is 15.2 Å². The SMILES string of the molecule is CC(Oc1ccc(F)c(F)c1)C(=O)NC1c2ccccc2CC1O. The lowest BCUT2D eigenvalue weighted by atomic mass is 10.1. The number of halogens is 2. The third-order valence-electron chi connectivity index (χ3n) is 4.07. The van der Waals surface area contributed by atoms with Crippen LogP contribution in [0.4, 0.5) is 8.78 Å². The van der Waals surface area contributed by atoms with Crippen molar-refractivity contribution in [2.75, 3.05) is 0 Å². The van der Waals surface area contributed by atoms with E-state index in [1.807, 2.05) is 24.3 Å². The number of fused-ring (bicyclic) bond motifs is 1. The first kappa shape index (κ1) is 16.4. The average molecular weight is 333 g/mol. The molecule has 1 aliphatic rings. The maximum absolute atomic E-state index is 13.2. The smallest absolute Gasteiger partial charge is 0.261 e. The summed E-state index contributed by atoms with van der Waals surface area (Å²) in [5.41, 5.74) is 1.86. The zero-order valence-electron chi connectivity index (χ0n) is 13.0. The van der Waals surface area contributed by atoms with Crippen LogP contribution in [0.25, 0.3) is 0 Å². The Hall–Kier alpha value is -2.47. The molecule has 0 bridgehead atoms. The summed E-state index contributed by atoms with van der Waals surface area (Å²) in [5.74, 6) is -2.41. The van der Waals surface area contributed by atoms with Crippen molar-refractivity contribution in [2.24, 2.45) is 0 Å². The van der Waals surface area contributed by atoms with Crippen molar-refractivity contribution >= 4 is 5.91 Å². The van der Waals surface area contributed by atoms with Crippen LogP contribution < -0.4 is 10.1 Å². The monoisotopic (exact) mass is 333 g/mol. The molecule has 0 spiro atoms. The van der Waals surface area contributed by atoms with Crippen LogP contribution in [0.3, 0.4) is 0 Å². The molecule has 0 saturated heterocycles. The van der Waals surface area contributed by atoms with Crippen molar-refractivity contribution < 1.29 is 23.4 Å². The molecule has 2 N–H and O–H groups in total. The second-order valence-electron chi connectivity index (χ2n) is 5.79. The minimum Gasteiger partial charge on any atom is -0.481 e. The Bertz CT molecular complexity index is 766. The van der Waals surface area contributed by atoms with Crippen LogP contribution >= 0.6 is 0 Å². The Labute approximate surface area is 138 Å². The fourth-order valence-electron chi connectivity index (χ4n) is 2.83. The zero-order valence-corrected chi connectivity index (χ0v) is 13.0. The number of aliphatic hydroxyl groups is 1. The molecular weight excluding hydrogens is 316 g/mol. The normalized spacial score (nSPS) is 20.3. The van der Waals surface area contributed by atoms with Crippen molar-refractivity contribution in [2.45, 2.75) is 31.6 Å². The maximum atomic E-state index is 13.2. The molecule has 2 aromatic carbocycles. The molecular formula is C18H17F2NO3. The summed E-state index contributed by atoms with van der Waals surface area (Å²) in [4.78, 5) is 12.3. The van der Waals surface area contributed by atoms with E-state index in [9.17, 15) is 18.7 Å². The Morgan fingerprint density at radius 1 is 1.25 bits per heavy atom. The first-order chi connectivity index (χ1) is 11.5. The molecule has 0 aromatic heterocycles. The van der Waals surface area contributed by atoms with Gasteiger partial charge in [0.05, 0.1) is 12.1 Å². The average Bonchev–Trinajstić information content (AvgIpc) is 2.87. The lowest BCUT2D eigenvalue weighted by Gasteiger charge is -2.21. The number of benzene rings is 2. The molecule has 0 fully saturated rings. The van der Waals surface area contributed by atoms with E-state index in [1.165, 1.54) is 13.0 Å². The number of carbonyl (C=O) groups is 1. The highest BCUT2D eigenvalue weighted by Crippen LogP contribution is 2.31. The number of ether oxygens (including phenoxy) is 1. The molecule has 0 heterocycles. The van der Waals surface area contributed by atoms with Gasteiger partial charge in [0.25, 0.3) is 5.91 Å². The third-order valence-corrected chi connectivity index (χ3v) is 4.07. The van der Waals surface area contributed by atoms with E-state index in [0.717, 1.165) is 23.3 Å². The van der Waals surface area contributed by atoms with Gasteiger partial charge in [0, 0.05) is 12.5 Å². The van der Waals surface area contributed by atoms with E-state index in [2.05, 4.69) is 5.32 Å². The van der Waals surface area contributed by atoms with Gasteiger partial charge >= 0.3 is 0 Å². The van der Waals surface area contributed by atoms with Crippen molar-refractivity contribution in [1.82, 2.24) is 5.32 Å². The summed E-state index contributed by atoms with van der Waals surface area (Å²) in [6.45, 7) is 1.50. The van der Waals surface area contributed by atoms with E-state index in [4.69, 9.17) is 4.74 Å². The summed E-state index contributed by atoms with van der Waals surface area (Å²) in [7, 11) is 0. The largest absolute Gasteiger partial charge is 0.481 e. The molecule has 3 atom stereocenters. The molecule has 4 nitrogen and oxygen atoms in total. The van der Waals surface area contributed by atoms with Crippen molar-refractivity contribution in [3.8, 4) is 5.75 Å². The molecule has 24 heavy (non-hydrogen) atoms. The van der Waals surface area contributed by atoms with Gasteiger partial charge in [0.2, 0.25) is 0 Å².